The minimum absolute atomic E-state index is 0.186. The minimum atomic E-state index is -1.37. The van der Waals surface area contributed by atoms with Crippen LogP contribution in [0.5, 0.6) is 0 Å². The Morgan fingerprint density at radius 1 is 1.00 bits per heavy atom. The van der Waals surface area contributed by atoms with Crippen LogP contribution < -0.4 is 0 Å². The Hall–Kier alpha value is -4.90. The first-order valence-corrected chi connectivity index (χ1v) is 8.56. The van der Waals surface area contributed by atoms with Gasteiger partial charge >= 0.3 is 0 Å². The van der Waals surface area contributed by atoms with Gasteiger partial charge in [0.15, 0.2) is 13.0 Å². The van der Waals surface area contributed by atoms with Crippen LogP contribution in [0.15, 0.2) is 12.1 Å². The molecule has 18 heteroatoms. The van der Waals surface area contributed by atoms with Gasteiger partial charge in [0.2, 0.25) is 0 Å². The van der Waals surface area contributed by atoms with Gasteiger partial charge in [0.25, 0.3) is 33.0 Å². The van der Waals surface area contributed by atoms with Gasteiger partial charge in [0.05, 0.1) is 22.7 Å². The number of fused-ring (bicyclic) bond motifs is 1. The van der Waals surface area contributed by atoms with Crippen LogP contribution in [0.1, 0.15) is 41.4 Å². The summed E-state index contributed by atoms with van der Waals surface area (Å²) in [5.74, 6) is -3.08. The molecule has 1 aliphatic heterocycles. The molecule has 0 atom stereocenters. The number of rotatable bonds is 12. The van der Waals surface area contributed by atoms with Gasteiger partial charge in [-0.1, -0.05) is 0 Å². The molecule has 176 valence electrons. The normalized spacial score (nSPS) is 12.2. The summed E-state index contributed by atoms with van der Waals surface area (Å²) >= 11 is 0. The molecule has 2 rings (SSSR count). The SMILES string of the molecule is CN(C(=O)c1cc2c(cc1C=O)C(=O)N(CO[N+](=O)[O-])C2=O)C(CO[N+](=O)[O-])CO[N+](=O)[O-]. The summed E-state index contributed by atoms with van der Waals surface area (Å²) in [6.07, 6.45) is 0.186. The summed E-state index contributed by atoms with van der Waals surface area (Å²) in [6.45, 7) is -2.68. The highest BCUT2D eigenvalue weighted by molar-refractivity contribution is 6.22. The average Bonchev–Trinajstić information content (AvgIpc) is 2.99. The molecule has 0 spiro atoms. The predicted molar refractivity (Wildman–Crippen MR) is 97.1 cm³/mol. The second kappa shape index (κ2) is 9.94. The highest BCUT2D eigenvalue weighted by Crippen LogP contribution is 2.27. The van der Waals surface area contributed by atoms with E-state index >= 15 is 0 Å². The summed E-state index contributed by atoms with van der Waals surface area (Å²) in [4.78, 5) is 93.9. The van der Waals surface area contributed by atoms with E-state index < -0.39 is 64.5 Å². The lowest BCUT2D eigenvalue weighted by Crippen LogP contribution is -2.44. The summed E-state index contributed by atoms with van der Waals surface area (Å²) in [7, 11) is 1.08. The highest BCUT2D eigenvalue weighted by atomic mass is 17.0. The van der Waals surface area contributed by atoms with Crippen LogP contribution in [0.4, 0.5) is 0 Å². The lowest BCUT2D eigenvalue weighted by atomic mass is 9.99. The first-order valence-electron chi connectivity index (χ1n) is 8.56. The topological polar surface area (TPSA) is 232 Å². The molecule has 0 saturated carbocycles. The lowest BCUT2D eigenvalue weighted by Gasteiger charge is -2.27. The van der Waals surface area contributed by atoms with Crippen LogP contribution in [0, 0.1) is 30.3 Å². The maximum atomic E-state index is 12.9. The number of likely N-dealkylation sites (N-methyl/N-ethyl adjacent to an activating group) is 1. The Morgan fingerprint density at radius 2 is 1.48 bits per heavy atom. The second-order valence-corrected chi connectivity index (χ2v) is 6.23. The molecule has 0 N–H and O–H groups in total. The van der Waals surface area contributed by atoms with Crippen molar-refractivity contribution in [3.8, 4) is 0 Å². The fourth-order valence-electron chi connectivity index (χ4n) is 2.78. The Kier molecular flexibility index (Phi) is 7.34. The lowest BCUT2D eigenvalue weighted by molar-refractivity contribution is -0.767. The van der Waals surface area contributed by atoms with E-state index in [1.165, 1.54) is 0 Å². The van der Waals surface area contributed by atoms with Crippen LogP contribution in [0.2, 0.25) is 0 Å². The van der Waals surface area contributed by atoms with Gasteiger partial charge < -0.3 is 14.6 Å². The number of imide groups is 1. The molecule has 18 nitrogen and oxygen atoms in total. The number of nitrogens with zero attached hydrogens (tertiary/aromatic N) is 5. The Labute approximate surface area is 181 Å². The third-order valence-corrected chi connectivity index (χ3v) is 4.40. The van der Waals surface area contributed by atoms with Gasteiger partial charge in [-0.25, -0.2) is 4.90 Å². The van der Waals surface area contributed by atoms with Crippen molar-refractivity contribution >= 4 is 24.0 Å². The van der Waals surface area contributed by atoms with E-state index in [1.807, 2.05) is 0 Å². The smallest absolute Gasteiger partial charge is 0.296 e. The van der Waals surface area contributed by atoms with Crippen molar-refractivity contribution in [2.24, 2.45) is 0 Å². The molecule has 0 unspecified atom stereocenters. The fraction of sp³-hybridized carbons (Fsp3) is 0.333. The third-order valence-electron chi connectivity index (χ3n) is 4.40. The van der Waals surface area contributed by atoms with E-state index in [0.717, 1.165) is 24.1 Å². The average molecular weight is 471 g/mol. The molecule has 3 amide bonds. The number of carbonyl (C=O) groups is 4. The zero-order valence-corrected chi connectivity index (χ0v) is 16.5. The molecule has 1 aromatic carbocycles. The molecule has 1 heterocycles. The van der Waals surface area contributed by atoms with Gasteiger partial charge in [0, 0.05) is 12.6 Å². The van der Waals surface area contributed by atoms with Crippen molar-refractivity contribution in [1.82, 2.24) is 9.80 Å². The second-order valence-electron chi connectivity index (χ2n) is 6.23. The van der Waals surface area contributed by atoms with Crippen LogP contribution >= 0.6 is 0 Å². The molecule has 1 aliphatic rings. The van der Waals surface area contributed by atoms with Crippen LogP contribution in [0.3, 0.4) is 0 Å². The molecule has 33 heavy (non-hydrogen) atoms. The number of hydrogen-bond donors (Lipinski definition) is 0. The van der Waals surface area contributed by atoms with Crippen molar-refractivity contribution in [3.05, 3.63) is 64.7 Å². The summed E-state index contributed by atoms with van der Waals surface area (Å²) in [5.41, 5.74) is -1.49. The Balaban J connectivity index is 2.38. The molecule has 0 fully saturated rings. The number of aldehydes is 1. The maximum absolute atomic E-state index is 12.9. The predicted octanol–water partition coefficient (Wildman–Crippen LogP) is -0.882. The minimum Gasteiger partial charge on any atom is -0.335 e. The summed E-state index contributed by atoms with van der Waals surface area (Å²) < 4.78 is 0. The maximum Gasteiger partial charge on any atom is 0.296 e. The van der Waals surface area contributed by atoms with Crippen LogP contribution in [-0.4, -0.2) is 82.1 Å². The first kappa shape index (κ1) is 24.4. The van der Waals surface area contributed by atoms with Gasteiger partial charge in [0.1, 0.15) is 13.2 Å². The van der Waals surface area contributed by atoms with Crippen molar-refractivity contribution < 1.29 is 49.0 Å². The van der Waals surface area contributed by atoms with E-state index in [1.54, 1.807) is 0 Å². The molecule has 0 saturated heterocycles. The van der Waals surface area contributed by atoms with E-state index in [-0.39, 0.29) is 23.0 Å². The summed E-state index contributed by atoms with van der Waals surface area (Å²) in [6, 6.07) is 0.416. The van der Waals surface area contributed by atoms with Gasteiger partial charge in [-0.3, -0.25) is 24.0 Å². The van der Waals surface area contributed by atoms with Crippen molar-refractivity contribution in [2.45, 2.75) is 6.04 Å². The molecular weight excluding hydrogens is 458 g/mol. The molecular formula is C15H13N5O13. The van der Waals surface area contributed by atoms with E-state index in [9.17, 15) is 49.5 Å². The summed E-state index contributed by atoms with van der Waals surface area (Å²) in [5, 5.41) is 27.6. The van der Waals surface area contributed by atoms with Gasteiger partial charge in [-0.15, -0.1) is 30.3 Å². The van der Waals surface area contributed by atoms with Crippen molar-refractivity contribution in [2.75, 3.05) is 27.0 Å². The van der Waals surface area contributed by atoms with Crippen LogP contribution in [-0.2, 0) is 14.5 Å². The first-order chi connectivity index (χ1) is 15.5. The highest BCUT2D eigenvalue weighted by Gasteiger charge is 2.38. The fourth-order valence-corrected chi connectivity index (χ4v) is 2.78. The Bertz CT molecular complexity index is 1020. The zero-order valence-electron chi connectivity index (χ0n) is 16.5. The van der Waals surface area contributed by atoms with E-state index in [2.05, 4.69) is 14.5 Å². The largest absolute Gasteiger partial charge is 0.335 e. The zero-order chi connectivity index (χ0) is 24.9. The van der Waals surface area contributed by atoms with Crippen molar-refractivity contribution in [1.29, 1.82) is 0 Å². The van der Waals surface area contributed by atoms with E-state index in [4.69, 9.17) is 0 Å². The molecule has 1 aromatic rings. The van der Waals surface area contributed by atoms with Gasteiger partial charge in [-0.05, 0) is 12.1 Å². The number of amides is 3. The number of hydrogen-bond acceptors (Lipinski definition) is 13. The molecule has 0 aromatic heterocycles. The van der Waals surface area contributed by atoms with Gasteiger partial charge in [-0.2, -0.15) is 0 Å². The monoisotopic (exact) mass is 471 g/mol. The third kappa shape index (κ3) is 5.42. The molecule has 0 bridgehead atoms. The standard InChI is InChI=1S/C15H13N5O13/c1-16(9(5-31-18(25)26)6-32-19(27)28)13(22)10-3-12-11(2-8(10)4-21)14(23)17(15(12)24)7-33-20(29)30/h2-4,9H,5-7H2,1H3. The molecule has 0 aliphatic carbocycles. The molecule has 0 radical (unpaired) electrons. The number of carbonyl (C=O) groups excluding carboxylic acids is 4. The Morgan fingerprint density at radius 3 is 1.94 bits per heavy atom. The van der Waals surface area contributed by atoms with E-state index in [0.29, 0.717) is 4.90 Å². The number of benzene rings is 1. The van der Waals surface area contributed by atoms with Crippen LogP contribution in [0.25, 0.3) is 0 Å². The quantitative estimate of drug-likeness (QED) is 0.156. The van der Waals surface area contributed by atoms with Crippen molar-refractivity contribution in [3.63, 3.8) is 0 Å².